The van der Waals surface area contributed by atoms with Gasteiger partial charge >= 0.3 is 32.9 Å². The summed E-state index contributed by atoms with van der Waals surface area (Å²) >= 11 is -5.00. The Hall–Kier alpha value is -0.486. The molecule has 0 aliphatic rings. The van der Waals surface area contributed by atoms with E-state index in [0.717, 1.165) is 0 Å². The number of hydrogen-bond acceptors (Lipinski definition) is 4. The van der Waals surface area contributed by atoms with Crippen LogP contribution in [0.2, 0.25) is 0 Å². The van der Waals surface area contributed by atoms with Gasteiger partial charge in [0.25, 0.3) is 0 Å². The van der Waals surface area contributed by atoms with E-state index in [4.69, 9.17) is 14.8 Å². The van der Waals surface area contributed by atoms with Crippen molar-refractivity contribution in [3.63, 3.8) is 0 Å². The first-order valence-electron chi connectivity index (χ1n) is 2.89. The molecule has 0 aromatic carbocycles. The Labute approximate surface area is 85.8 Å². The zero-order valence-electron chi connectivity index (χ0n) is 7.95. The molecule has 5 heteroatoms. The predicted octanol–water partition coefficient (Wildman–Crippen LogP) is 0.978. The summed E-state index contributed by atoms with van der Waals surface area (Å²) in [7, 11) is 0. The van der Waals surface area contributed by atoms with Crippen LogP contribution in [0.5, 0.6) is 0 Å². The van der Waals surface area contributed by atoms with Gasteiger partial charge in [0, 0.05) is 0 Å². The third-order valence-electron chi connectivity index (χ3n) is 0. The van der Waals surface area contributed by atoms with Crippen molar-refractivity contribution in [1.82, 2.24) is 0 Å². The van der Waals surface area contributed by atoms with E-state index in [1.165, 1.54) is 0 Å². The van der Waals surface area contributed by atoms with Crippen LogP contribution in [0.3, 0.4) is 0 Å². The Morgan fingerprint density at radius 3 is 0.462 bits per heavy atom. The first-order chi connectivity index (χ1) is 6.00. The Morgan fingerprint density at radius 1 is 0.462 bits per heavy atom. The Morgan fingerprint density at radius 2 is 0.462 bits per heavy atom. The first kappa shape index (κ1) is 29.4. The summed E-state index contributed by atoms with van der Waals surface area (Å²) < 4.78 is 29.5. The van der Waals surface area contributed by atoms with Gasteiger partial charge in [-0.1, -0.05) is 0 Å². The third kappa shape index (κ3) is 4420. The molecule has 0 atom stereocenters. The number of hydrogen-bond donors (Lipinski definition) is 4. The monoisotopic (exact) mass is 228 g/mol. The second-order valence-corrected chi connectivity index (χ2v) is 2.47. The molecule has 0 aliphatic carbocycles. The first-order valence-corrected chi connectivity index (χ1v) is 5.69. The molecule has 13 heavy (non-hydrogen) atoms. The van der Waals surface area contributed by atoms with Crippen molar-refractivity contribution in [3.8, 4) is 0 Å². The van der Waals surface area contributed by atoms with Crippen LogP contribution in [0.25, 0.3) is 0 Å². The minimum atomic E-state index is -5.00. The van der Waals surface area contributed by atoms with E-state index < -0.39 is 18.1 Å². The molecule has 0 aromatic heterocycles. The molecule has 0 bridgehead atoms. The summed E-state index contributed by atoms with van der Waals surface area (Å²) in [6.45, 7) is 24.0. The van der Waals surface area contributed by atoms with E-state index in [1.807, 2.05) is 0 Å². The molecule has 0 aromatic rings. The third-order valence-corrected chi connectivity index (χ3v) is 0. The summed E-state index contributed by atoms with van der Waals surface area (Å²) in [4.78, 5) is 0. The molecule has 0 aliphatic heterocycles. The number of rotatable bonds is 0. The van der Waals surface area contributed by atoms with Crippen LogP contribution in [0, 0.1) is 0 Å². The standard InChI is InChI=1S/4C2H4.4H2O.Ti/c4*1-2;;;;;/h4*1-2H2;4*1H2;/q;;;;;;;;+4/p-4. The van der Waals surface area contributed by atoms with Crippen molar-refractivity contribution in [2.75, 3.05) is 0 Å². The topological polar surface area (TPSA) is 80.9 Å². The SMILES string of the molecule is C=C.C=C.C=C.C=C.[OH][Ti]([OH])([OH])[OH]. The van der Waals surface area contributed by atoms with Gasteiger partial charge in [0.2, 0.25) is 0 Å². The van der Waals surface area contributed by atoms with Crippen LogP contribution in [-0.4, -0.2) is 14.8 Å². The van der Waals surface area contributed by atoms with E-state index in [9.17, 15) is 0 Å². The molecule has 0 fully saturated rings. The van der Waals surface area contributed by atoms with Crippen molar-refractivity contribution >= 4 is 0 Å². The van der Waals surface area contributed by atoms with Gasteiger partial charge in [0.15, 0.2) is 0 Å². The molecular weight excluding hydrogens is 208 g/mol. The molecule has 0 saturated heterocycles. The van der Waals surface area contributed by atoms with Crippen molar-refractivity contribution in [1.29, 1.82) is 0 Å². The molecule has 0 spiro atoms. The van der Waals surface area contributed by atoms with Crippen LogP contribution in [0.4, 0.5) is 0 Å². The summed E-state index contributed by atoms with van der Waals surface area (Å²) in [5.74, 6) is 0. The van der Waals surface area contributed by atoms with Crippen LogP contribution >= 0.6 is 0 Å². The van der Waals surface area contributed by atoms with E-state index in [2.05, 4.69) is 52.6 Å². The summed E-state index contributed by atoms with van der Waals surface area (Å²) in [5.41, 5.74) is 0. The van der Waals surface area contributed by atoms with Crippen LogP contribution in [0.15, 0.2) is 52.6 Å². The Balaban J connectivity index is -0.0000000230. The molecule has 4 N–H and O–H groups in total. The van der Waals surface area contributed by atoms with Gasteiger partial charge in [0.05, 0.1) is 0 Å². The van der Waals surface area contributed by atoms with E-state index >= 15 is 0 Å². The van der Waals surface area contributed by atoms with E-state index in [-0.39, 0.29) is 0 Å². The van der Waals surface area contributed by atoms with E-state index in [0.29, 0.717) is 0 Å². The fourth-order valence-corrected chi connectivity index (χ4v) is 0. The average molecular weight is 228 g/mol. The molecule has 4 nitrogen and oxygen atoms in total. The van der Waals surface area contributed by atoms with Crippen molar-refractivity contribution in [2.24, 2.45) is 0 Å². The van der Waals surface area contributed by atoms with Gasteiger partial charge in [-0.25, -0.2) is 0 Å². The van der Waals surface area contributed by atoms with Gasteiger partial charge in [-0.05, 0) is 0 Å². The van der Waals surface area contributed by atoms with Crippen LogP contribution in [-0.2, 0) is 18.1 Å². The van der Waals surface area contributed by atoms with Gasteiger partial charge in [-0.15, -0.1) is 52.6 Å². The van der Waals surface area contributed by atoms with Gasteiger partial charge in [-0.3, -0.25) is 0 Å². The molecule has 0 heterocycles. The average Bonchev–Trinajstić information content (AvgIpc) is 2.14. The fourth-order valence-electron chi connectivity index (χ4n) is 0. The van der Waals surface area contributed by atoms with Crippen molar-refractivity contribution in [3.05, 3.63) is 52.6 Å². The quantitative estimate of drug-likeness (QED) is 0.368. The van der Waals surface area contributed by atoms with Crippen LogP contribution < -0.4 is 0 Å². The molecule has 80 valence electrons. The summed E-state index contributed by atoms with van der Waals surface area (Å²) in [5, 5.41) is 0. The minimum absolute atomic E-state index is 3.00. The zero-order valence-corrected chi connectivity index (χ0v) is 9.51. The summed E-state index contributed by atoms with van der Waals surface area (Å²) in [6, 6.07) is 0. The maximum absolute atomic E-state index is 7.38. The van der Waals surface area contributed by atoms with Gasteiger partial charge < -0.3 is 0 Å². The molecular formula is C8H20O4Ti. The fraction of sp³-hybridized carbons (Fsp3) is 0. The Bertz CT molecular complexity index is 59.0. The maximum atomic E-state index is 7.38. The molecule has 0 radical (unpaired) electrons. The van der Waals surface area contributed by atoms with Crippen molar-refractivity contribution in [2.45, 2.75) is 0 Å². The van der Waals surface area contributed by atoms with Crippen LogP contribution in [0.1, 0.15) is 0 Å². The summed E-state index contributed by atoms with van der Waals surface area (Å²) in [6.07, 6.45) is 0. The van der Waals surface area contributed by atoms with Gasteiger partial charge in [0.1, 0.15) is 0 Å². The second-order valence-electron chi connectivity index (χ2n) is 0.600. The molecule has 0 rings (SSSR count). The molecule has 0 amide bonds. The zero-order chi connectivity index (χ0) is 12.5. The van der Waals surface area contributed by atoms with Gasteiger partial charge in [-0.2, -0.15) is 0 Å². The second kappa shape index (κ2) is 41.9. The molecule has 0 unspecified atom stereocenters. The molecule has 0 saturated carbocycles. The van der Waals surface area contributed by atoms with Crippen molar-refractivity contribution < 1.29 is 32.9 Å². The predicted molar refractivity (Wildman–Crippen MR) is 53.9 cm³/mol. The Kier molecular flexibility index (Phi) is 94.6. The normalized spacial score (nSPS) is 5.85. The van der Waals surface area contributed by atoms with E-state index in [1.54, 1.807) is 0 Å².